The maximum Gasteiger partial charge on any atom is 0.387 e. The zero-order valence-corrected chi connectivity index (χ0v) is 21.9. The molecule has 3 aromatic rings. The van der Waals surface area contributed by atoms with Crippen molar-refractivity contribution in [3.8, 4) is 5.75 Å². The van der Waals surface area contributed by atoms with Crippen LogP contribution in [0.15, 0.2) is 35.1 Å². The molecule has 1 unspecified atom stereocenters. The van der Waals surface area contributed by atoms with Crippen LogP contribution in [0.1, 0.15) is 51.6 Å². The first-order valence-corrected chi connectivity index (χ1v) is 12.7. The minimum absolute atomic E-state index is 0.0101. The molecule has 8 nitrogen and oxygen atoms in total. The minimum Gasteiger partial charge on any atom is -0.435 e. The van der Waals surface area contributed by atoms with E-state index in [4.69, 9.17) is 6.57 Å². The topological polar surface area (TPSA) is 67.9 Å². The zero-order valence-electron chi connectivity index (χ0n) is 21.9. The molecule has 1 fully saturated rings. The lowest BCUT2D eigenvalue weighted by Gasteiger charge is -2.49. The van der Waals surface area contributed by atoms with Gasteiger partial charge in [0.2, 0.25) is 5.52 Å². The second kappa shape index (κ2) is 11.4. The average Bonchev–Trinajstić information content (AvgIpc) is 2.91. The molecule has 202 valence electrons. The summed E-state index contributed by atoms with van der Waals surface area (Å²) in [5.41, 5.74) is 1.11. The summed E-state index contributed by atoms with van der Waals surface area (Å²) in [6.45, 7) is 11.5. The Balaban J connectivity index is 1.73. The first kappa shape index (κ1) is 27.4. The van der Waals surface area contributed by atoms with E-state index in [-0.39, 0.29) is 29.7 Å². The van der Waals surface area contributed by atoms with Crippen LogP contribution in [0.5, 0.6) is 5.75 Å². The maximum absolute atomic E-state index is 15.1. The van der Waals surface area contributed by atoms with Crippen molar-refractivity contribution in [2.45, 2.75) is 64.8 Å². The van der Waals surface area contributed by atoms with Gasteiger partial charge in [-0.25, -0.2) is 9.18 Å². The van der Waals surface area contributed by atoms with E-state index >= 15 is 4.39 Å². The third-order valence-electron chi connectivity index (χ3n) is 7.33. The van der Waals surface area contributed by atoms with Gasteiger partial charge in [-0.3, -0.25) is 9.47 Å². The molecule has 0 radical (unpaired) electrons. The number of benzene rings is 1. The predicted molar refractivity (Wildman–Crippen MR) is 139 cm³/mol. The molecule has 0 saturated carbocycles. The second-order valence-electron chi connectivity index (χ2n) is 9.39. The molecule has 0 N–H and O–H groups in total. The number of pyridine rings is 1. The van der Waals surface area contributed by atoms with Crippen molar-refractivity contribution in [2.75, 3.05) is 18.0 Å². The van der Waals surface area contributed by atoms with Crippen molar-refractivity contribution < 1.29 is 17.9 Å². The predicted octanol–water partition coefficient (Wildman–Crippen LogP) is 5.45. The summed E-state index contributed by atoms with van der Waals surface area (Å²) >= 11 is 0. The van der Waals surface area contributed by atoms with Crippen LogP contribution in [-0.4, -0.2) is 51.2 Å². The quantitative estimate of drug-likeness (QED) is 0.362. The molecular weight excluding hydrogens is 497 g/mol. The van der Waals surface area contributed by atoms with Crippen LogP contribution < -0.4 is 15.3 Å². The Bertz CT molecular complexity index is 1410. The molecule has 1 saturated heterocycles. The lowest BCUT2D eigenvalue weighted by molar-refractivity contribution is -0.0500. The highest BCUT2D eigenvalue weighted by molar-refractivity contribution is 5.87. The number of rotatable bonds is 8. The lowest BCUT2D eigenvalue weighted by Crippen LogP contribution is -2.59. The fourth-order valence-electron chi connectivity index (χ4n) is 5.37. The molecule has 11 heteroatoms. The number of aromatic nitrogens is 3. The Morgan fingerprint density at radius 2 is 1.84 bits per heavy atom. The van der Waals surface area contributed by atoms with Gasteiger partial charge in [-0.2, -0.15) is 13.8 Å². The van der Waals surface area contributed by atoms with Crippen molar-refractivity contribution in [3.05, 3.63) is 63.6 Å². The normalized spacial score (nSPS) is 19.1. The van der Waals surface area contributed by atoms with E-state index in [0.29, 0.717) is 41.9 Å². The van der Waals surface area contributed by atoms with Gasteiger partial charge >= 0.3 is 12.3 Å². The fourth-order valence-corrected chi connectivity index (χ4v) is 5.37. The largest absolute Gasteiger partial charge is 0.435 e. The smallest absolute Gasteiger partial charge is 0.387 e. The number of ether oxygens (including phenoxy) is 1. The Morgan fingerprint density at radius 3 is 2.45 bits per heavy atom. The van der Waals surface area contributed by atoms with Crippen LogP contribution in [0.2, 0.25) is 0 Å². The molecule has 0 aliphatic carbocycles. The summed E-state index contributed by atoms with van der Waals surface area (Å²) in [5.74, 6) is -0.130. The Hall–Kier alpha value is -3.65. The number of piperazine rings is 1. The molecule has 0 amide bonds. The van der Waals surface area contributed by atoms with E-state index < -0.39 is 18.1 Å². The van der Waals surface area contributed by atoms with Crippen LogP contribution >= 0.6 is 0 Å². The lowest BCUT2D eigenvalue weighted by atomic mass is 9.94. The molecule has 0 spiro atoms. The van der Waals surface area contributed by atoms with Crippen molar-refractivity contribution in [3.63, 3.8) is 0 Å². The highest BCUT2D eigenvalue weighted by atomic mass is 19.3. The van der Waals surface area contributed by atoms with Crippen molar-refractivity contribution in [1.29, 1.82) is 0 Å². The monoisotopic (exact) mass is 528 g/mol. The molecule has 1 aromatic carbocycles. The fraction of sp³-hybridized carbons (Fsp3) is 0.481. The zero-order chi connectivity index (χ0) is 27.6. The van der Waals surface area contributed by atoms with Crippen LogP contribution in [0.4, 0.5) is 24.8 Å². The molecule has 1 aliphatic rings. The molecule has 38 heavy (non-hydrogen) atoms. The SMILES string of the molecule is [C-]#[N+]c1ccc2c(n1)c(N1C[C@@H](CC)N(C(CC)c3ccc(OC(F)F)cc3F)C[C@@H]1CC)nc(=O)n2C. The van der Waals surface area contributed by atoms with Crippen LogP contribution in [0.3, 0.4) is 0 Å². The standard InChI is InChI=1S/C27H31F3N6O2/c1-6-16-15-36(25-24-22(34(5)27(37)33-25)11-12-23(31-4)32-24)17(7-2)14-35(16)21(8-3)19-10-9-18(13-20(19)28)38-26(29)30/h9-13,16-17,21,26H,6-8,14-15H2,1-3,5H3/t16-,17+,21?/m1/s1. The van der Waals surface area contributed by atoms with Crippen molar-refractivity contribution >= 4 is 22.7 Å². The average molecular weight is 529 g/mol. The molecule has 2 aromatic heterocycles. The Labute approximate surface area is 219 Å². The van der Waals surface area contributed by atoms with E-state index in [2.05, 4.69) is 36.3 Å². The van der Waals surface area contributed by atoms with E-state index in [1.165, 1.54) is 16.7 Å². The molecule has 3 heterocycles. The van der Waals surface area contributed by atoms with Gasteiger partial charge in [0.05, 0.1) is 5.52 Å². The number of halogens is 3. The van der Waals surface area contributed by atoms with Crippen LogP contribution in [0, 0.1) is 12.4 Å². The van der Waals surface area contributed by atoms with E-state index in [1.807, 2.05) is 13.8 Å². The summed E-state index contributed by atoms with van der Waals surface area (Å²) in [7, 11) is 1.63. The number of fused-ring (bicyclic) bond motifs is 1. The summed E-state index contributed by atoms with van der Waals surface area (Å²) in [6.07, 6.45) is 2.09. The van der Waals surface area contributed by atoms with Gasteiger partial charge in [-0.05, 0) is 37.5 Å². The van der Waals surface area contributed by atoms with E-state index in [9.17, 15) is 13.6 Å². The highest BCUT2D eigenvalue weighted by Gasteiger charge is 2.38. The van der Waals surface area contributed by atoms with Crippen molar-refractivity contribution in [1.82, 2.24) is 19.4 Å². The number of hydrogen-bond donors (Lipinski definition) is 0. The van der Waals surface area contributed by atoms with Gasteiger partial charge in [-0.15, -0.1) is 4.98 Å². The molecule has 0 bridgehead atoms. The van der Waals surface area contributed by atoms with Gasteiger partial charge in [-0.1, -0.05) is 33.4 Å². The summed E-state index contributed by atoms with van der Waals surface area (Å²) in [6, 6.07) is 6.85. The van der Waals surface area contributed by atoms with Gasteiger partial charge < -0.3 is 14.5 Å². The number of alkyl halides is 2. The maximum atomic E-state index is 15.1. The minimum atomic E-state index is -3.02. The van der Waals surface area contributed by atoms with Gasteiger partial charge in [0.1, 0.15) is 11.6 Å². The molecule has 4 rings (SSSR count). The van der Waals surface area contributed by atoms with Crippen LogP contribution in [0.25, 0.3) is 15.9 Å². The van der Waals surface area contributed by atoms with Gasteiger partial charge in [0.15, 0.2) is 5.82 Å². The third kappa shape index (κ3) is 5.18. The number of nitrogens with zero attached hydrogens (tertiary/aromatic N) is 6. The van der Waals surface area contributed by atoms with Crippen LogP contribution in [-0.2, 0) is 7.05 Å². The highest BCUT2D eigenvalue weighted by Crippen LogP contribution is 2.36. The Kier molecular flexibility index (Phi) is 8.21. The third-order valence-corrected chi connectivity index (χ3v) is 7.33. The first-order valence-electron chi connectivity index (χ1n) is 12.7. The number of aryl methyl sites for hydroxylation is 1. The second-order valence-corrected chi connectivity index (χ2v) is 9.39. The number of hydrogen-bond acceptors (Lipinski definition) is 6. The van der Waals surface area contributed by atoms with Gasteiger partial charge in [0.25, 0.3) is 5.82 Å². The summed E-state index contributed by atoms with van der Waals surface area (Å²) < 4.78 is 46.1. The van der Waals surface area contributed by atoms with E-state index in [0.717, 1.165) is 18.9 Å². The van der Waals surface area contributed by atoms with Crippen molar-refractivity contribution in [2.24, 2.45) is 7.05 Å². The first-order chi connectivity index (χ1) is 18.2. The van der Waals surface area contributed by atoms with Gasteiger partial charge in [0, 0.05) is 49.9 Å². The molecule has 3 atom stereocenters. The Morgan fingerprint density at radius 1 is 1.11 bits per heavy atom. The summed E-state index contributed by atoms with van der Waals surface area (Å²) in [4.78, 5) is 29.4. The summed E-state index contributed by atoms with van der Waals surface area (Å²) in [5, 5.41) is 0. The van der Waals surface area contributed by atoms with E-state index in [1.54, 1.807) is 19.2 Å². The molecule has 1 aliphatic heterocycles. The molecular formula is C27H31F3N6O2. The number of anilines is 1.